The van der Waals surface area contributed by atoms with Gasteiger partial charge in [0.2, 0.25) is 15.9 Å². The second-order valence-corrected chi connectivity index (χ2v) is 9.10. The van der Waals surface area contributed by atoms with E-state index >= 15 is 0 Å². The van der Waals surface area contributed by atoms with Crippen LogP contribution >= 0.6 is 0 Å². The summed E-state index contributed by atoms with van der Waals surface area (Å²) >= 11 is 0. The Morgan fingerprint density at radius 1 is 1.03 bits per heavy atom. The van der Waals surface area contributed by atoms with Crippen LogP contribution in [0.5, 0.6) is 0 Å². The van der Waals surface area contributed by atoms with E-state index in [-0.39, 0.29) is 30.0 Å². The minimum atomic E-state index is -4.55. The first-order valence-electron chi connectivity index (χ1n) is 9.22. The monoisotopic (exact) mass is 461 g/mol. The molecule has 0 aromatic heterocycles. The van der Waals surface area contributed by atoms with Crippen molar-refractivity contribution in [3.63, 3.8) is 0 Å². The number of carbonyl (C=O) groups excluding carboxylic acids is 1. The number of nitrogens with zero attached hydrogens (tertiary/aromatic N) is 2. The van der Waals surface area contributed by atoms with Crippen LogP contribution in [0.4, 0.5) is 28.9 Å². The Morgan fingerprint density at radius 3 is 2.19 bits per heavy atom. The van der Waals surface area contributed by atoms with Crippen molar-refractivity contribution in [2.75, 3.05) is 37.9 Å². The fourth-order valence-corrected chi connectivity index (χ4v) is 3.99. The van der Waals surface area contributed by atoms with Gasteiger partial charge >= 0.3 is 6.18 Å². The van der Waals surface area contributed by atoms with Crippen LogP contribution in [0.2, 0.25) is 0 Å². The molecule has 170 valence electrons. The van der Waals surface area contributed by atoms with Crippen LogP contribution in [0.25, 0.3) is 0 Å². The van der Waals surface area contributed by atoms with Crippen molar-refractivity contribution in [3.8, 4) is 0 Å². The predicted octanol–water partition coefficient (Wildman–Crippen LogP) is 3.95. The Bertz CT molecular complexity index is 1020. The summed E-state index contributed by atoms with van der Waals surface area (Å²) in [6.07, 6.45) is -4.52. The van der Waals surface area contributed by atoms with E-state index in [1.165, 1.54) is 13.1 Å². The van der Waals surface area contributed by atoms with E-state index in [0.717, 1.165) is 40.7 Å². The number of nitrogens with one attached hydrogen (secondary N) is 1. The summed E-state index contributed by atoms with van der Waals surface area (Å²) in [5.41, 5.74) is -0.479. The Hall–Kier alpha value is -2.66. The van der Waals surface area contributed by atoms with E-state index < -0.39 is 33.5 Å². The normalized spacial score (nSPS) is 12.1. The topological polar surface area (TPSA) is 69.7 Å². The number of anilines is 2. The van der Waals surface area contributed by atoms with E-state index in [0.29, 0.717) is 5.69 Å². The van der Waals surface area contributed by atoms with E-state index in [2.05, 4.69) is 5.32 Å². The minimum Gasteiger partial charge on any atom is -0.376 e. The molecule has 0 fully saturated rings. The Kier molecular flexibility index (Phi) is 7.66. The molecular formula is C20H23F4N3O3S. The van der Waals surface area contributed by atoms with Gasteiger partial charge in [-0.05, 0) is 48.9 Å². The van der Waals surface area contributed by atoms with E-state index in [9.17, 15) is 30.8 Å². The highest BCUT2D eigenvalue weighted by atomic mass is 32.2. The molecule has 31 heavy (non-hydrogen) atoms. The molecule has 0 radical (unpaired) electrons. The zero-order valence-corrected chi connectivity index (χ0v) is 18.0. The maximum atomic E-state index is 13.0. The van der Waals surface area contributed by atoms with Gasteiger partial charge in [-0.3, -0.25) is 4.79 Å². The largest absolute Gasteiger partial charge is 0.416 e. The Labute approximate surface area is 178 Å². The number of alkyl halides is 3. The lowest BCUT2D eigenvalue weighted by Gasteiger charge is -2.20. The van der Waals surface area contributed by atoms with Gasteiger partial charge in [0.1, 0.15) is 5.82 Å². The first-order chi connectivity index (χ1) is 14.3. The molecule has 1 amide bonds. The van der Waals surface area contributed by atoms with Gasteiger partial charge in [0, 0.05) is 34.1 Å². The van der Waals surface area contributed by atoms with Crippen molar-refractivity contribution in [1.29, 1.82) is 0 Å². The van der Waals surface area contributed by atoms with Gasteiger partial charge < -0.3 is 10.2 Å². The molecule has 0 atom stereocenters. The van der Waals surface area contributed by atoms with Crippen LogP contribution in [0.3, 0.4) is 0 Å². The highest BCUT2D eigenvalue weighted by molar-refractivity contribution is 7.89. The molecule has 6 nitrogen and oxygen atoms in total. The molecule has 1 N–H and O–H groups in total. The van der Waals surface area contributed by atoms with Gasteiger partial charge in [-0.1, -0.05) is 0 Å². The van der Waals surface area contributed by atoms with E-state index in [1.807, 2.05) is 0 Å². The number of hydrogen-bond donors (Lipinski definition) is 1. The van der Waals surface area contributed by atoms with Crippen LogP contribution < -0.4 is 10.2 Å². The van der Waals surface area contributed by atoms with Crippen molar-refractivity contribution < 1.29 is 30.8 Å². The van der Waals surface area contributed by atoms with Gasteiger partial charge in [-0.25, -0.2) is 17.1 Å². The maximum Gasteiger partial charge on any atom is 0.416 e. The SMILES string of the molecule is CN(C)c1ccc(C(F)(F)F)cc1NC(=O)CCCN(C)S(=O)(=O)c1ccc(F)cc1. The first-order valence-corrected chi connectivity index (χ1v) is 10.7. The second-order valence-electron chi connectivity index (χ2n) is 7.06. The van der Waals surface area contributed by atoms with Crippen LogP contribution in [-0.2, 0) is 21.0 Å². The molecule has 2 aromatic rings. The summed E-state index contributed by atoms with van der Waals surface area (Å²) < 4.78 is 77.9. The molecule has 11 heteroatoms. The molecule has 2 aromatic carbocycles. The van der Waals surface area contributed by atoms with Crippen LogP contribution in [0.1, 0.15) is 18.4 Å². The van der Waals surface area contributed by atoms with Crippen molar-refractivity contribution in [2.45, 2.75) is 23.9 Å². The maximum absolute atomic E-state index is 13.0. The number of carbonyl (C=O) groups is 1. The van der Waals surface area contributed by atoms with Crippen molar-refractivity contribution in [2.24, 2.45) is 0 Å². The third-order valence-electron chi connectivity index (χ3n) is 4.48. The molecule has 0 unspecified atom stereocenters. The minimum absolute atomic E-state index is 0.00371. The molecule has 0 bridgehead atoms. The van der Waals surface area contributed by atoms with Crippen LogP contribution in [0.15, 0.2) is 47.4 Å². The third-order valence-corrected chi connectivity index (χ3v) is 6.35. The molecule has 0 heterocycles. The highest BCUT2D eigenvalue weighted by Crippen LogP contribution is 2.35. The number of halogens is 4. The molecule has 2 rings (SSSR count). The molecule has 0 saturated heterocycles. The average Bonchev–Trinajstić information content (AvgIpc) is 2.67. The summed E-state index contributed by atoms with van der Waals surface area (Å²) in [5, 5.41) is 2.46. The molecular weight excluding hydrogens is 438 g/mol. The van der Waals surface area contributed by atoms with Crippen molar-refractivity contribution in [1.82, 2.24) is 4.31 Å². The fourth-order valence-electron chi connectivity index (χ4n) is 2.78. The standard InChI is InChI=1S/C20H23F4N3O3S/c1-26(2)18-11-6-14(20(22,23)24)13-17(18)25-19(28)5-4-12-27(3)31(29,30)16-9-7-15(21)8-10-16/h6-11,13H,4-5,12H2,1-3H3,(H,25,28). The molecule has 0 aliphatic rings. The lowest BCUT2D eigenvalue weighted by atomic mass is 10.1. The molecule has 0 saturated carbocycles. The quantitative estimate of drug-likeness (QED) is 0.605. The van der Waals surface area contributed by atoms with Crippen LogP contribution in [-0.4, -0.2) is 46.3 Å². The number of hydrogen-bond acceptors (Lipinski definition) is 4. The number of sulfonamides is 1. The lowest BCUT2D eigenvalue weighted by molar-refractivity contribution is -0.137. The number of benzene rings is 2. The lowest BCUT2D eigenvalue weighted by Crippen LogP contribution is -2.28. The number of amides is 1. The van der Waals surface area contributed by atoms with Gasteiger partial charge in [0.15, 0.2) is 0 Å². The van der Waals surface area contributed by atoms with E-state index in [1.54, 1.807) is 19.0 Å². The van der Waals surface area contributed by atoms with E-state index in [4.69, 9.17) is 0 Å². The summed E-state index contributed by atoms with van der Waals surface area (Å²) in [4.78, 5) is 13.8. The third kappa shape index (κ3) is 6.41. The molecule has 0 aliphatic carbocycles. The van der Waals surface area contributed by atoms with Gasteiger partial charge in [0.05, 0.1) is 21.8 Å². The smallest absolute Gasteiger partial charge is 0.376 e. The zero-order chi connectivity index (χ0) is 23.4. The van der Waals surface area contributed by atoms with Crippen LogP contribution in [0, 0.1) is 5.82 Å². The molecule has 0 spiro atoms. The van der Waals surface area contributed by atoms with Gasteiger partial charge in [0.25, 0.3) is 0 Å². The predicted molar refractivity (Wildman–Crippen MR) is 110 cm³/mol. The summed E-state index contributed by atoms with van der Waals surface area (Å²) in [7, 11) is 0.743. The zero-order valence-electron chi connectivity index (χ0n) is 17.2. The summed E-state index contributed by atoms with van der Waals surface area (Å²) in [5.74, 6) is -1.11. The summed E-state index contributed by atoms with van der Waals surface area (Å²) in [6.45, 7) is -0.00371. The molecule has 0 aliphatic heterocycles. The van der Waals surface area contributed by atoms with Gasteiger partial charge in [-0.2, -0.15) is 13.2 Å². The first kappa shape index (κ1) is 24.6. The van der Waals surface area contributed by atoms with Crippen molar-refractivity contribution in [3.05, 3.63) is 53.8 Å². The summed E-state index contributed by atoms with van der Waals surface area (Å²) in [6, 6.07) is 7.41. The fraction of sp³-hybridized carbons (Fsp3) is 0.350. The Morgan fingerprint density at radius 2 is 1.65 bits per heavy atom. The Balaban J connectivity index is 2.01. The highest BCUT2D eigenvalue weighted by Gasteiger charge is 2.31. The van der Waals surface area contributed by atoms with Gasteiger partial charge in [-0.15, -0.1) is 0 Å². The van der Waals surface area contributed by atoms with Crippen molar-refractivity contribution >= 4 is 27.3 Å². The average molecular weight is 461 g/mol. The second kappa shape index (κ2) is 9.65. The number of rotatable bonds is 8.